The highest BCUT2D eigenvalue weighted by atomic mass is 19.2. The minimum absolute atomic E-state index is 0.0911. The van der Waals surface area contributed by atoms with Gasteiger partial charge in [0, 0.05) is 37.8 Å². The number of amides is 2. The molecule has 1 unspecified atom stereocenters. The van der Waals surface area contributed by atoms with Gasteiger partial charge in [0.2, 0.25) is 5.88 Å². The van der Waals surface area contributed by atoms with Gasteiger partial charge in [-0.15, -0.1) is 0 Å². The predicted molar refractivity (Wildman–Crippen MR) is 105 cm³/mol. The Morgan fingerprint density at radius 1 is 0.967 bits per heavy atom. The quantitative estimate of drug-likeness (QED) is 0.769. The van der Waals surface area contributed by atoms with E-state index in [2.05, 4.69) is 4.98 Å². The van der Waals surface area contributed by atoms with Crippen LogP contribution >= 0.6 is 0 Å². The highest BCUT2D eigenvalue weighted by Gasteiger charge is 2.30. The van der Waals surface area contributed by atoms with Crippen molar-refractivity contribution >= 4 is 11.8 Å². The van der Waals surface area contributed by atoms with Crippen LogP contribution in [0.15, 0.2) is 36.5 Å². The fourth-order valence-electron chi connectivity index (χ4n) is 3.89. The van der Waals surface area contributed by atoms with Crippen molar-refractivity contribution in [3.8, 4) is 5.88 Å². The van der Waals surface area contributed by atoms with Gasteiger partial charge in [0.05, 0.1) is 6.54 Å². The summed E-state index contributed by atoms with van der Waals surface area (Å²) >= 11 is 0. The zero-order valence-corrected chi connectivity index (χ0v) is 16.5. The highest BCUT2D eigenvalue weighted by molar-refractivity contribution is 5.96. The van der Waals surface area contributed by atoms with Crippen molar-refractivity contribution in [1.29, 1.82) is 0 Å². The van der Waals surface area contributed by atoms with E-state index in [1.54, 1.807) is 18.3 Å². The maximum absolute atomic E-state index is 13.4. The average molecular weight is 415 g/mol. The number of hydrogen-bond donors (Lipinski definition) is 0. The van der Waals surface area contributed by atoms with E-state index in [0.717, 1.165) is 44.5 Å². The average Bonchev–Trinajstić information content (AvgIpc) is 3.24. The summed E-state index contributed by atoms with van der Waals surface area (Å²) in [7, 11) is 0. The van der Waals surface area contributed by atoms with Crippen molar-refractivity contribution in [2.24, 2.45) is 0 Å². The molecule has 2 saturated heterocycles. The van der Waals surface area contributed by atoms with Gasteiger partial charge in [-0.25, -0.2) is 13.8 Å². The Bertz CT molecular complexity index is 947. The van der Waals surface area contributed by atoms with Crippen LogP contribution in [-0.2, 0) is 0 Å². The van der Waals surface area contributed by atoms with Crippen molar-refractivity contribution in [2.45, 2.75) is 31.8 Å². The third-order valence-electron chi connectivity index (χ3n) is 5.52. The molecule has 3 heterocycles. The van der Waals surface area contributed by atoms with Gasteiger partial charge in [-0.05, 0) is 49.6 Å². The number of rotatable bonds is 4. The van der Waals surface area contributed by atoms with Crippen molar-refractivity contribution < 1.29 is 23.1 Å². The molecule has 30 heavy (non-hydrogen) atoms. The lowest BCUT2D eigenvalue weighted by Gasteiger charge is -2.27. The first kappa shape index (κ1) is 20.3. The summed E-state index contributed by atoms with van der Waals surface area (Å²) in [5, 5.41) is 0. The van der Waals surface area contributed by atoms with Crippen LogP contribution in [-0.4, -0.2) is 58.9 Å². The molecular formula is C22H23F2N3O3. The van der Waals surface area contributed by atoms with Crippen molar-refractivity contribution in [3.05, 3.63) is 59.3 Å². The first-order chi connectivity index (χ1) is 14.5. The number of halogens is 2. The van der Waals surface area contributed by atoms with E-state index in [1.165, 1.54) is 11.0 Å². The molecule has 2 aliphatic heterocycles. The van der Waals surface area contributed by atoms with Crippen molar-refractivity contribution in [3.63, 3.8) is 0 Å². The molecule has 6 nitrogen and oxygen atoms in total. The van der Waals surface area contributed by atoms with Crippen LogP contribution in [0.3, 0.4) is 0 Å². The molecule has 158 valence electrons. The number of aromatic nitrogens is 1. The van der Waals surface area contributed by atoms with E-state index >= 15 is 0 Å². The highest BCUT2D eigenvalue weighted by Crippen LogP contribution is 2.24. The summed E-state index contributed by atoms with van der Waals surface area (Å²) in [5.74, 6) is -2.26. The molecular weight excluding hydrogens is 392 g/mol. The number of nitrogens with zero attached hydrogens (tertiary/aromatic N) is 3. The van der Waals surface area contributed by atoms with E-state index in [0.29, 0.717) is 18.5 Å². The topological polar surface area (TPSA) is 62.7 Å². The van der Waals surface area contributed by atoms with E-state index < -0.39 is 11.6 Å². The zero-order valence-electron chi connectivity index (χ0n) is 16.5. The first-order valence-electron chi connectivity index (χ1n) is 10.2. The molecule has 2 aliphatic rings. The molecule has 1 aromatic carbocycles. The Morgan fingerprint density at radius 2 is 1.77 bits per heavy atom. The number of pyridine rings is 1. The fourth-order valence-corrected chi connectivity index (χ4v) is 3.89. The maximum Gasteiger partial charge on any atom is 0.259 e. The molecule has 0 aliphatic carbocycles. The Labute approximate surface area is 173 Å². The lowest BCUT2D eigenvalue weighted by molar-refractivity contribution is 0.0708. The minimum atomic E-state index is -1.05. The molecule has 0 saturated carbocycles. The summed E-state index contributed by atoms with van der Waals surface area (Å²) in [6.45, 7) is 2.16. The monoisotopic (exact) mass is 415 g/mol. The number of carbonyl (C=O) groups excluding carboxylic acids is 2. The van der Waals surface area contributed by atoms with E-state index in [9.17, 15) is 18.4 Å². The molecule has 0 bridgehead atoms. The second-order valence-corrected chi connectivity index (χ2v) is 7.62. The lowest BCUT2D eigenvalue weighted by atomic mass is 10.1. The zero-order chi connectivity index (χ0) is 21.1. The normalized spacial score (nSPS) is 19.1. The lowest BCUT2D eigenvalue weighted by Crippen LogP contribution is -2.36. The van der Waals surface area contributed by atoms with E-state index in [-0.39, 0.29) is 35.9 Å². The summed E-state index contributed by atoms with van der Waals surface area (Å²) in [6, 6.07) is 6.53. The van der Waals surface area contributed by atoms with Gasteiger partial charge >= 0.3 is 0 Å². The van der Waals surface area contributed by atoms with Gasteiger partial charge in [-0.2, -0.15) is 0 Å². The van der Waals surface area contributed by atoms with Crippen LogP contribution in [0.1, 0.15) is 46.4 Å². The van der Waals surface area contributed by atoms with Crippen LogP contribution < -0.4 is 4.74 Å². The first-order valence-corrected chi connectivity index (χ1v) is 10.2. The Balaban J connectivity index is 1.43. The van der Waals surface area contributed by atoms with E-state index in [4.69, 9.17) is 4.74 Å². The number of carbonyl (C=O) groups is 2. The van der Waals surface area contributed by atoms with Gasteiger partial charge in [0.15, 0.2) is 11.6 Å². The van der Waals surface area contributed by atoms with Crippen LogP contribution in [0, 0.1) is 11.6 Å². The van der Waals surface area contributed by atoms with Gasteiger partial charge in [0.25, 0.3) is 11.8 Å². The number of benzene rings is 1. The standard InChI is InChI=1S/C22H23F2N3O3/c23-18-7-6-15(13-19(18)24)21(28)27-12-8-16(14-27)30-20-17(5-4-9-25-20)22(29)26-10-2-1-3-11-26/h4-7,9,13,16H,1-3,8,10-12,14H2. The predicted octanol–water partition coefficient (Wildman–Crippen LogP) is 3.28. The SMILES string of the molecule is O=C(c1ccc(F)c(F)c1)N1CCC(Oc2ncccc2C(=O)N2CCCCC2)C1. The smallest absolute Gasteiger partial charge is 0.259 e. The Morgan fingerprint density at radius 3 is 2.53 bits per heavy atom. The molecule has 8 heteroatoms. The third-order valence-corrected chi connectivity index (χ3v) is 5.52. The maximum atomic E-state index is 13.4. The van der Waals surface area contributed by atoms with Crippen molar-refractivity contribution in [1.82, 2.24) is 14.8 Å². The molecule has 0 radical (unpaired) electrons. The number of ether oxygens (including phenoxy) is 1. The summed E-state index contributed by atoms with van der Waals surface area (Å²) in [4.78, 5) is 33.1. The third kappa shape index (κ3) is 4.27. The molecule has 2 aromatic rings. The second-order valence-electron chi connectivity index (χ2n) is 7.62. The second kappa shape index (κ2) is 8.77. The molecule has 0 spiro atoms. The summed E-state index contributed by atoms with van der Waals surface area (Å²) in [5.41, 5.74) is 0.512. The van der Waals surface area contributed by atoms with Crippen LogP contribution in [0.2, 0.25) is 0 Å². The fraction of sp³-hybridized carbons (Fsp3) is 0.409. The number of likely N-dealkylation sites (tertiary alicyclic amines) is 2. The van der Waals surface area contributed by atoms with Crippen LogP contribution in [0.25, 0.3) is 0 Å². The Kier molecular flexibility index (Phi) is 5.92. The molecule has 0 N–H and O–H groups in total. The van der Waals surface area contributed by atoms with Gasteiger partial charge in [0.1, 0.15) is 11.7 Å². The van der Waals surface area contributed by atoms with Crippen LogP contribution in [0.4, 0.5) is 8.78 Å². The van der Waals surface area contributed by atoms with Gasteiger partial charge in [-0.1, -0.05) is 0 Å². The summed E-state index contributed by atoms with van der Waals surface area (Å²) < 4.78 is 32.6. The molecule has 1 aromatic heterocycles. The summed E-state index contributed by atoms with van der Waals surface area (Å²) in [6.07, 6.45) is 4.91. The van der Waals surface area contributed by atoms with E-state index in [1.807, 2.05) is 4.90 Å². The number of hydrogen-bond acceptors (Lipinski definition) is 4. The van der Waals surface area contributed by atoms with Crippen LogP contribution in [0.5, 0.6) is 5.88 Å². The molecule has 2 fully saturated rings. The molecule has 1 atom stereocenters. The largest absolute Gasteiger partial charge is 0.472 e. The number of piperidine rings is 1. The van der Waals surface area contributed by atoms with Gasteiger partial charge < -0.3 is 14.5 Å². The molecule has 2 amide bonds. The van der Waals surface area contributed by atoms with Crippen molar-refractivity contribution in [2.75, 3.05) is 26.2 Å². The Hall–Kier alpha value is -3.03. The minimum Gasteiger partial charge on any atom is -0.472 e. The van der Waals surface area contributed by atoms with Gasteiger partial charge in [-0.3, -0.25) is 9.59 Å². The molecule has 4 rings (SSSR count).